The highest BCUT2D eigenvalue weighted by Crippen LogP contribution is 2.31. The van der Waals surface area contributed by atoms with Gasteiger partial charge < -0.3 is 19.9 Å². The molecule has 2 aromatic carbocycles. The van der Waals surface area contributed by atoms with Gasteiger partial charge >= 0.3 is 0 Å². The Balaban J connectivity index is 1.73. The Kier molecular flexibility index (Phi) is 8.39. The number of hydrogen-bond donors (Lipinski definition) is 1. The number of amides is 2. The van der Waals surface area contributed by atoms with Crippen molar-refractivity contribution in [2.45, 2.75) is 46.1 Å². The fraction of sp³-hybridized carbons (Fsp3) is 0.440. The molecule has 1 fully saturated rings. The van der Waals surface area contributed by atoms with E-state index in [0.29, 0.717) is 54.6 Å². The molecule has 1 N–H and O–H groups in total. The van der Waals surface area contributed by atoms with Crippen molar-refractivity contribution in [2.24, 2.45) is 0 Å². The molecule has 0 aliphatic carbocycles. The third kappa shape index (κ3) is 6.16. The van der Waals surface area contributed by atoms with Crippen LogP contribution in [0.3, 0.4) is 0 Å². The smallest absolute Gasteiger partial charge is 0.255 e. The first-order valence-corrected chi connectivity index (χ1v) is 11.7. The van der Waals surface area contributed by atoms with Crippen LogP contribution in [-0.2, 0) is 4.79 Å². The van der Waals surface area contributed by atoms with Gasteiger partial charge in [-0.3, -0.25) is 9.59 Å². The predicted molar refractivity (Wildman–Crippen MR) is 130 cm³/mol. The summed E-state index contributed by atoms with van der Waals surface area (Å²) in [7, 11) is 0. The molecule has 0 bridgehead atoms. The van der Waals surface area contributed by atoms with Crippen LogP contribution in [0.15, 0.2) is 42.5 Å². The molecule has 7 heteroatoms. The third-order valence-corrected chi connectivity index (χ3v) is 5.89. The highest BCUT2D eigenvalue weighted by molar-refractivity contribution is 6.31. The molecule has 172 valence electrons. The molecule has 6 nitrogen and oxygen atoms in total. The van der Waals surface area contributed by atoms with Gasteiger partial charge in [0.2, 0.25) is 5.91 Å². The van der Waals surface area contributed by atoms with Crippen molar-refractivity contribution in [3.63, 3.8) is 0 Å². The van der Waals surface area contributed by atoms with Crippen molar-refractivity contribution in [1.29, 1.82) is 0 Å². The monoisotopic (exact) mass is 457 g/mol. The van der Waals surface area contributed by atoms with Crippen LogP contribution >= 0.6 is 11.6 Å². The van der Waals surface area contributed by atoms with Crippen molar-refractivity contribution in [3.05, 3.63) is 53.1 Å². The van der Waals surface area contributed by atoms with E-state index in [1.165, 1.54) is 0 Å². The van der Waals surface area contributed by atoms with E-state index >= 15 is 0 Å². The summed E-state index contributed by atoms with van der Waals surface area (Å²) in [5.74, 6) is 0.655. The van der Waals surface area contributed by atoms with Gasteiger partial charge in [-0.15, -0.1) is 0 Å². The lowest BCUT2D eigenvalue weighted by molar-refractivity contribution is -0.131. The van der Waals surface area contributed by atoms with E-state index in [-0.39, 0.29) is 17.9 Å². The van der Waals surface area contributed by atoms with E-state index in [1.807, 2.05) is 43.0 Å². The van der Waals surface area contributed by atoms with Crippen molar-refractivity contribution in [2.75, 3.05) is 36.4 Å². The standard InChI is InChI=1S/C25H32ClN3O3/c1-4-7-24(30)29-14-12-28(13-15-29)23-11-10-20(26)17-22(23)27-25(31)19-8-6-9-21(16-19)32-18(3)5-2/h6,8-11,16-18H,4-5,7,12-15H2,1-3H3,(H,27,31)/t18-/m1/s1. The molecule has 1 heterocycles. The Labute approximate surface area is 195 Å². The second-order valence-electron chi connectivity index (χ2n) is 8.10. The molecule has 0 unspecified atom stereocenters. The fourth-order valence-electron chi connectivity index (χ4n) is 3.67. The van der Waals surface area contributed by atoms with Gasteiger partial charge in [0.15, 0.2) is 0 Å². The van der Waals surface area contributed by atoms with Gasteiger partial charge in [0.1, 0.15) is 5.75 Å². The van der Waals surface area contributed by atoms with Gasteiger partial charge in [0.05, 0.1) is 17.5 Å². The molecule has 32 heavy (non-hydrogen) atoms. The van der Waals surface area contributed by atoms with Crippen molar-refractivity contribution in [3.8, 4) is 5.75 Å². The number of anilines is 2. The zero-order valence-corrected chi connectivity index (χ0v) is 19.8. The maximum atomic E-state index is 13.0. The van der Waals surface area contributed by atoms with Gasteiger partial charge in [-0.25, -0.2) is 0 Å². The molecule has 2 amide bonds. The minimum absolute atomic E-state index is 0.0794. The maximum Gasteiger partial charge on any atom is 0.255 e. The lowest BCUT2D eigenvalue weighted by Gasteiger charge is -2.37. The van der Waals surface area contributed by atoms with Crippen LogP contribution in [0.1, 0.15) is 50.4 Å². The predicted octanol–water partition coefficient (Wildman–Crippen LogP) is 5.22. The van der Waals surface area contributed by atoms with Crippen LogP contribution in [0.4, 0.5) is 11.4 Å². The first kappa shape index (κ1) is 23.9. The number of piperazine rings is 1. The van der Waals surface area contributed by atoms with Crippen LogP contribution < -0.4 is 15.0 Å². The van der Waals surface area contributed by atoms with Gasteiger partial charge in [0.25, 0.3) is 5.91 Å². The molecule has 0 radical (unpaired) electrons. The zero-order chi connectivity index (χ0) is 23.1. The fourth-order valence-corrected chi connectivity index (χ4v) is 3.85. The topological polar surface area (TPSA) is 61.9 Å². The number of nitrogens with zero attached hydrogens (tertiary/aromatic N) is 2. The zero-order valence-electron chi connectivity index (χ0n) is 19.1. The average Bonchev–Trinajstić information content (AvgIpc) is 2.79. The molecule has 3 rings (SSSR count). The van der Waals surface area contributed by atoms with E-state index < -0.39 is 0 Å². The molecule has 1 aliphatic rings. The van der Waals surface area contributed by atoms with Gasteiger partial charge in [-0.1, -0.05) is 31.5 Å². The Morgan fingerprint density at radius 2 is 1.84 bits per heavy atom. The molecular formula is C25H32ClN3O3. The largest absolute Gasteiger partial charge is 0.491 e. The summed E-state index contributed by atoms with van der Waals surface area (Å²) in [6.07, 6.45) is 2.41. The van der Waals surface area contributed by atoms with E-state index in [1.54, 1.807) is 18.2 Å². The molecular weight excluding hydrogens is 426 g/mol. The van der Waals surface area contributed by atoms with Crippen LogP contribution in [0.25, 0.3) is 0 Å². The molecule has 0 spiro atoms. The number of benzene rings is 2. The molecule has 0 saturated carbocycles. The lowest BCUT2D eigenvalue weighted by atomic mass is 10.1. The minimum atomic E-state index is -0.222. The quantitative estimate of drug-likeness (QED) is 0.590. The molecule has 0 aromatic heterocycles. The molecule has 1 atom stereocenters. The number of ether oxygens (including phenoxy) is 1. The molecule has 2 aromatic rings. The number of rotatable bonds is 8. The summed E-state index contributed by atoms with van der Waals surface area (Å²) in [6.45, 7) is 8.83. The second kappa shape index (κ2) is 11.2. The summed E-state index contributed by atoms with van der Waals surface area (Å²) >= 11 is 6.24. The van der Waals surface area contributed by atoms with Gasteiger partial charge in [-0.2, -0.15) is 0 Å². The van der Waals surface area contributed by atoms with Crippen LogP contribution in [0.2, 0.25) is 5.02 Å². The first-order valence-electron chi connectivity index (χ1n) is 11.3. The number of nitrogens with one attached hydrogen (secondary N) is 1. The van der Waals surface area contributed by atoms with E-state index in [9.17, 15) is 9.59 Å². The number of halogens is 1. The summed E-state index contributed by atoms with van der Waals surface area (Å²) in [5, 5.41) is 3.56. The van der Waals surface area contributed by atoms with Crippen LogP contribution in [0.5, 0.6) is 5.75 Å². The van der Waals surface area contributed by atoms with E-state index in [2.05, 4.69) is 17.1 Å². The second-order valence-corrected chi connectivity index (χ2v) is 8.53. The molecule has 1 saturated heterocycles. The number of carbonyl (C=O) groups is 2. The van der Waals surface area contributed by atoms with Gasteiger partial charge in [0, 0.05) is 43.2 Å². The van der Waals surface area contributed by atoms with Crippen LogP contribution in [-0.4, -0.2) is 49.0 Å². The normalized spacial score (nSPS) is 14.8. The van der Waals surface area contributed by atoms with Gasteiger partial charge in [-0.05, 0) is 56.2 Å². The highest BCUT2D eigenvalue weighted by atomic mass is 35.5. The third-order valence-electron chi connectivity index (χ3n) is 5.65. The minimum Gasteiger partial charge on any atom is -0.491 e. The summed E-state index contributed by atoms with van der Waals surface area (Å²) in [4.78, 5) is 29.3. The number of hydrogen-bond acceptors (Lipinski definition) is 4. The average molecular weight is 458 g/mol. The summed E-state index contributed by atoms with van der Waals surface area (Å²) in [5.41, 5.74) is 2.08. The maximum absolute atomic E-state index is 13.0. The van der Waals surface area contributed by atoms with Crippen LogP contribution in [0, 0.1) is 0 Å². The summed E-state index contributed by atoms with van der Waals surface area (Å²) in [6, 6.07) is 12.7. The Bertz CT molecular complexity index is 942. The van der Waals surface area contributed by atoms with E-state index in [0.717, 1.165) is 18.5 Å². The highest BCUT2D eigenvalue weighted by Gasteiger charge is 2.23. The SMILES string of the molecule is CCCC(=O)N1CCN(c2ccc(Cl)cc2NC(=O)c2cccc(O[C@H](C)CC)c2)CC1. The van der Waals surface area contributed by atoms with Crippen molar-refractivity contribution >= 4 is 34.8 Å². The Morgan fingerprint density at radius 1 is 1.09 bits per heavy atom. The summed E-state index contributed by atoms with van der Waals surface area (Å²) < 4.78 is 5.85. The first-order chi connectivity index (χ1) is 15.4. The molecule has 1 aliphatic heterocycles. The van der Waals surface area contributed by atoms with Crippen molar-refractivity contribution in [1.82, 2.24) is 4.90 Å². The van der Waals surface area contributed by atoms with Crippen molar-refractivity contribution < 1.29 is 14.3 Å². The Morgan fingerprint density at radius 3 is 2.53 bits per heavy atom. The lowest BCUT2D eigenvalue weighted by Crippen LogP contribution is -2.48. The Hall–Kier alpha value is -2.73. The van der Waals surface area contributed by atoms with E-state index in [4.69, 9.17) is 16.3 Å². The number of carbonyl (C=O) groups excluding carboxylic acids is 2.